The van der Waals surface area contributed by atoms with Crippen LogP contribution in [0.4, 0.5) is 0 Å². The summed E-state index contributed by atoms with van der Waals surface area (Å²) in [4.78, 5) is 27.9. The standard InChI is InChI=1S/C16H18N2O3/c1-9(10-4-6-17-7-5-10)18-15(19)13-11-2-3-12(8-11)14(13)16(20)21/h2-7,9,11-14H,8H2,1H3,(H,18,19)(H,20,21)/t9-,11+,12-,13+,14-/m0/s1. The molecule has 1 fully saturated rings. The number of hydrogen-bond acceptors (Lipinski definition) is 3. The first-order valence-corrected chi connectivity index (χ1v) is 7.19. The summed E-state index contributed by atoms with van der Waals surface area (Å²) < 4.78 is 0. The lowest BCUT2D eigenvalue weighted by Gasteiger charge is -2.25. The van der Waals surface area contributed by atoms with Gasteiger partial charge in [-0.15, -0.1) is 0 Å². The van der Waals surface area contributed by atoms with Crippen LogP contribution in [-0.2, 0) is 9.59 Å². The number of carboxylic acid groups (broad SMARTS) is 1. The van der Waals surface area contributed by atoms with E-state index in [0.717, 1.165) is 12.0 Å². The van der Waals surface area contributed by atoms with Crippen LogP contribution in [0.5, 0.6) is 0 Å². The quantitative estimate of drug-likeness (QED) is 0.827. The van der Waals surface area contributed by atoms with Crippen LogP contribution < -0.4 is 5.32 Å². The van der Waals surface area contributed by atoms with Crippen molar-refractivity contribution in [2.75, 3.05) is 0 Å². The number of amides is 1. The maximum atomic E-state index is 12.5. The third kappa shape index (κ3) is 2.44. The number of rotatable bonds is 4. The van der Waals surface area contributed by atoms with Crippen LogP contribution in [0.15, 0.2) is 36.7 Å². The molecule has 1 aromatic heterocycles. The molecule has 1 heterocycles. The molecule has 2 aliphatic rings. The van der Waals surface area contributed by atoms with Crippen molar-refractivity contribution in [2.24, 2.45) is 23.7 Å². The van der Waals surface area contributed by atoms with Crippen LogP contribution in [0, 0.1) is 23.7 Å². The molecule has 0 spiro atoms. The second kappa shape index (κ2) is 5.31. The minimum Gasteiger partial charge on any atom is -0.481 e. The van der Waals surface area contributed by atoms with E-state index in [4.69, 9.17) is 0 Å². The summed E-state index contributed by atoms with van der Waals surface area (Å²) in [5.74, 6) is -2.03. The number of aliphatic carboxylic acids is 1. The lowest BCUT2D eigenvalue weighted by Crippen LogP contribution is -2.41. The van der Waals surface area contributed by atoms with Crippen LogP contribution >= 0.6 is 0 Å². The summed E-state index contributed by atoms with van der Waals surface area (Å²) in [6.45, 7) is 1.89. The number of nitrogens with one attached hydrogen (secondary N) is 1. The van der Waals surface area contributed by atoms with Gasteiger partial charge in [0.05, 0.1) is 17.9 Å². The Bertz CT molecular complexity index is 584. The Hall–Kier alpha value is -2.17. The van der Waals surface area contributed by atoms with Crippen LogP contribution in [0.1, 0.15) is 24.9 Å². The van der Waals surface area contributed by atoms with E-state index in [9.17, 15) is 14.7 Å². The van der Waals surface area contributed by atoms with Crippen molar-refractivity contribution < 1.29 is 14.7 Å². The zero-order valence-electron chi connectivity index (χ0n) is 11.8. The van der Waals surface area contributed by atoms with Gasteiger partial charge in [-0.1, -0.05) is 12.2 Å². The van der Waals surface area contributed by atoms with E-state index in [1.165, 1.54) is 0 Å². The Balaban J connectivity index is 1.73. The first-order chi connectivity index (χ1) is 10.1. The van der Waals surface area contributed by atoms with Crippen molar-refractivity contribution in [1.29, 1.82) is 0 Å². The second-order valence-electron chi connectivity index (χ2n) is 5.85. The number of carboxylic acids is 1. The molecule has 2 bridgehead atoms. The Morgan fingerprint density at radius 2 is 1.86 bits per heavy atom. The van der Waals surface area contributed by atoms with E-state index in [-0.39, 0.29) is 23.8 Å². The molecule has 110 valence electrons. The predicted molar refractivity (Wildman–Crippen MR) is 76.1 cm³/mol. The van der Waals surface area contributed by atoms with Crippen molar-refractivity contribution in [3.63, 3.8) is 0 Å². The topological polar surface area (TPSA) is 79.3 Å². The summed E-state index contributed by atoms with van der Waals surface area (Å²) in [5.41, 5.74) is 0.962. The maximum Gasteiger partial charge on any atom is 0.307 e. The van der Waals surface area contributed by atoms with E-state index in [0.29, 0.717) is 0 Å². The molecule has 0 unspecified atom stereocenters. The number of aromatic nitrogens is 1. The molecule has 5 nitrogen and oxygen atoms in total. The van der Waals surface area contributed by atoms with Crippen LogP contribution in [0.3, 0.4) is 0 Å². The summed E-state index contributed by atoms with van der Waals surface area (Å²) in [6.07, 6.45) is 8.07. The van der Waals surface area contributed by atoms with Gasteiger partial charge >= 0.3 is 5.97 Å². The lowest BCUT2D eigenvalue weighted by atomic mass is 9.82. The summed E-state index contributed by atoms with van der Waals surface area (Å²) >= 11 is 0. The van der Waals surface area contributed by atoms with E-state index >= 15 is 0 Å². The van der Waals surface area contributed by atoms with Gasteiger partial charge in [0.2, 0.25) is 5.91 Å². The highest BCUT2D eigenvalue weighted by molar-refractivity contribution is 5.87. The molecular formula is C16H18N2O3. The van der Waals surface area contributed by atoms with Gasteiger partial charge < -0.3 is 10.4 Å². The smallest absolute Gasteiger partial charge is 0.307 e. The highest BCUT2D eigenvalue weighted by Crippen LogP contribution is 2.48. The molecule has 5 atom stereocenters. The maximum absolute atomic E-state index is 12.5. The van der Waals surface area contributed by atoms with Gasteiger partial charge in [-0.25, -0.2) is 0 Å². The molecule has 0 radical (unpaired) electrons. The molecule has 2 aliphatic carbocycles. The molecule has 5 heteroatoms. The average Bonchev–Trinajstić information content (AvgIpc) is 3.08. The summed E-state index contributed by atoms with van der Waals surface area (Å²) in [6, 6.07) is 3.54. The SMILES string of the molecule is C[C@H](NC(=O)[C@H]1[C@@H](C(=O)O)[C@H]2C=C[C@@H]1C2)c1ccncc1. The van der Waals surface area contributed by atoms with Crippen LogP contribution in [-0.4, -0.2) is 22.0 Å². The molecule has 1 aromatic rings. The molecule has 0 aliphatic heterocycles. The Morgan fingerprint density at radius 1 is 1.24 bits per heavy atom. The number of hydrogen-bond donors (Lipinski definition) is 2. The number of nitrogens with zero attached hydrogens (tertiary/aromatic N) is 1. The van der Waals surface area contributed by atoms with Gasteiger partial charge in [-0.3, -0.25) is 14.6 Å². The minimum atomic E-state index is -0.872. The summed E-state index contributed by atoms with van der Waals surface area (Å²) in [7, 11) is 0. The number of carbonyl (C=O) groups is 2. The molecule has 21 heavy (non-hydrogen) atoms. The van der Waals surface area contributed by atoms with Gasteiger partial charge in [0.1, 0.15) is 0 Å². The number of carbonyl (C=O) groups excluding carboxylic acids is 1. The van der Waals surface area contributed by atoms with Crippen LogP contribution in [0.2, 0.25) is 0 Å². The fraction of sp³-hybridized carbons (Fsp3) is 0.438. The molecular weight excluding hydrogens is 268 g/mol. The normalized spacial score (nSPS) is 31.1. The van der Waals surface area contributed by atoms with E-state index in [1.54, 1.807) is 12.4 Å². The highest BCUT2D eigenvalue weighted by Gasteiger charge is 2.51. The fourth-order valence-electron chi connectivity index (χ4n) is 3.56. The van der Waals surface area contributed by atoms with Crippen molar-refractivity contribution in [2.45, 2.75) is 19.4 Å². The van der Waals surface area contributed by atoms with Crippen molar-refractivity contribution >= 4 is 11.9 Å². The molecule has 0 saturated heterocycles. The van der Waals surface area contributed by atoms with Gasteiger partial charge in [0.25, 0.3) is 0 Å². The minimum absolute atomic E-state index is 0.000480. The monoisotopic (exact) mass is 286 g/mol. The number of fused-ring (bicyclic) bond motifs is 2. The zero-order valence-corrected chi connectivity index (χ0v) is 11.8. The van der Waals surface area contributed by atoms with Crippen molar-refractivity contribution in [3.05, 3.63) is 42.2 Å². The molecule has 2 N–H and O–H groups in total. The van der Waals surface area contributed by atoms with Crippen molar-refractivity contribution in [1.82, 2.24) is 10.3 Å². The van der Waals surface area contributed by atoms with Gasteiger partial charge in [0.15, 0.2) is 0 Å². The molecule has 1 amide bonds. The number of pyridine rings is 1. The van der Waals surface area contributed by atoms with Crippen LogP contribution in [0.25, 0.3) is 0 Å². The predicted octanol–water partition coefficient (Wildman–Crippen LogP) is 1.78. The molecule has 3 rings (SSSR count). The first-order valence-electron chi connectivity index (χ1n) is 7.19. The molecule has 0 aromatic carbocycles. The Labute approximate surface area is 123 Å². The van der Waals surface area contributed by atoms with Gasteiger partial charge in [0, 0.05) is 12.4 Å². The average molecular weight is 286 g/mol. The van der Waals surface area contributed by atoms with E-state index < -0.39 is 17.8 Å². The van der Waals surface area contributed by atoms with Gasteiger partial charge in [-0.2, -0.15) is 0 Å². The van der Waals surface area contributed by atoms with Gasteiger partial charge in [-0.05, 0) is 42.9 Å². The summed E-state index contributed by atoms with van der Waals surface area (Å²) in [5, 5.41) is 12.3. The van der Waals surface area contributed by atoms with E-state index in [1.807, 2.05) is 31.2 Å². The Morgan fingerprint density at radius 3 is 2.48 bits per heavy atom. The second-order valence-corrected chi connectivity index (χ2v) is 5.85. The first kappa shape index (κ1) is 13.8. The fourth-order valence-corrected chi connectivity index (χ4v) is 3.56. The third-order valence-corrected chi connectivity index (χ3v) is 4.61. The van der Waals surface area contributed by atoms with E-state index in [2.05, 4.69) is 10.3 Å². The number of allylic oxidation sites excluding steroid dienone is 2. The third-order valence-electron chi connectivity index (χ3n) is 4.61. The lowest BCUT2D eigenvalue weighted by molar-refractivity contribution is -0.148. The largest absolute Gasteiger partial charge is 0.481 e. The van der Waals surface area contributed by atoms with Crippen molar-refractivity contribution in [3.8, 4) is 0 Å². The molecule has 1 saturated carbocycles. The Kier molecular flexibility index (Phi) is 3.49. The highest BCUT2D eigenvalue weighted by atomic mass is 16.4. The zero-order chi connectivity index (χ0) is 15.0.